The number of likely N-dealkylation sites (tertiary alicyclic amines) is 1. The molecular weight excluding hydrogens is 232 g/mol. The molecule has 0 aromatic heterocycles. The highest BCUT2D eigenvalue weighted by Gasteiger charge is 2.17. The van der Waals surface area contributed by atoms with Crippen LogP contribution in [0.1, 0.15) is 50.7 Å². The van der Waals surface area contributed by atoms with Gasteiger partial charge in [-0.1, -0.05) is 37.6 Å². The molecule has 1 unspecified atom stereocenters. The summed E-state index contributed by atoms with van der Waals surface area (Å²) in [6.45, 7) is 9.06. The summed E-state index contributed by atoms with van der Waals surface area (Å²) in [5.74, 6) is 0. The van der Waals surface area contributed by atoms with Gasteiger partial charge in [-0.25, -0.2) is 0 Å². The Hall–Kier alpha value is -0.860. The van der Waals surface area contributed by atoms with Crippen LogP contribution in [-0.2, 0) is 13.1 Å². The summed E-state index contributed by atoms with van der Waals surface area (Å²) >= 11 is 0. The zero-order chi connectivity index (χ0) is 13.5. The summed E-state index contributed by atoms with van der Waals surface area (Å²) in [5, 5.41) is 3.48. The van der Waals surface area contributed by atoms with Crippen LogP contribution in [-0.4, -0.2) is 24.0 Å². The van der Waals surface area contributed by atoms with Crippen molar-refractivity contribution >= 4 is 0 Å². The van der Waals surface area contributed by atoms with Crippen LogP contribution in [0.25, 0.3) is 0 Å². The standard InChI is InChI=1S/C17H28N2/c1-3-10-18-13-16-8-6-9-17(12-16)14-19-11-5-4-7-15(19)2/h6,8-9,12,15,18H,3-5,7,10-11,13-14H2,1-2H3. The number of hydrogen-bond donors (Lipinski definition) is 1. The molecule has 0 bridgehead atoms. The minimum Gasteiger partial charge on any atom is -0.313 e. The molecule has 19 heavy (non-hydrogen) atoms. The Bertz CT molecular complexity index is 375. The number of benzene rings is 1. The van der Waals surface area contributed by atoms with Crippen molar-refractivity contribution in [2.75, 3.05) is 13.1 Å². The lowest BCUT2D eigenvalue weighted by Crippen LogP contribution is -2.36. The minimum absolute atomic E-state index is 0.746. The van der Waals surface area contributed by atoms with Crippen LogP contribution in [0.5, 0.6) is 0 Å². The van der Waals surface area contributed by atoms with E-state index in [1.165, 1.54) is 43.4 Å². The summed E-state index contributed by atoms with van der Waals surface area (Å²) < 4.78 is 0. The van der Waals surface area contributed by atoms with E-state index in [0.717, 1.165) is 25.7 Å². The highest BCUT2D eigenvalue weighted by Crippen LogP contribution is 2.19. The predicted octanol–water partition coefficient (Wildman–Crippen LogP) is 3.56. The Kier molecular flexibility index (Phi) is 5.87. The molecule has 1 N–H and O–H groups in total. The predicted molar refractivity (Wildman–Crippen MR) is 82.2 cm³/mol. The molecule has 1 aliphatic rings. The summed E-state index contributed by atoms with van der Waals surface area (Å²) in [6, 6.07) is 9.81. The first-order valence-corrected chi connectivity index (χ1v) is 7.82. The van der Waals surface area contributed by atoms with Crippen LogP contribution >= 0.6 is 0 Å². The lowest BCUT2D eigenvalue weighted by molar-refractivity contribution is 0.152. The summed E-state index contributed by atoms with van der Waals surface area (Å²) in [6.07, 6.45) is 5.32. The SMILES string of the molecule is CCCNCc1cccc(CN2CCCCC2C)c1. The molecule has 1 aliphatic heterocycles. The van der Waals surface area contributed by atoms with E-state index >= 15 is 0 Å². The van der Waals surface area contributed by atoms with Gasteiger partial charge in [-0.15, -0.1) is 0 Å². The lowest BCUT2D eigenvalue weighted by atomic mass is 10.0. The van der Waals surface area contributed by atoms with Gasteiger partial charge >= 0.3 is 0 Å². The molecule has 1 saturated heterocycles. The van der Waals surface area contributed by atoms with Gasteiger partial charge in [0.15, 0.2) is 0 Å². The molecule has 2 nitrogen and oxygen atoms in total. The molecule has 0 saturated carbocycles. The van der Waals surface area contributed by atoms with E-state index in [9.17, 15) is 0 Å². The number of rotatable bonds is 6. The maximum Gasteiger partial charge on any atom is 0.0236 e. The number of nitrogens with zero attached hydrogens (tertiary/aromatic N) is 1. The lowest BCUT2D eigenvalue weighted by Gasteiger charge is -2.33. The first-order valence-electron chi connectivity index (χ1n) is 7.82. The van der Waals surface area contributed by atoms with E-state index in [2.05, 4.69) is 48.3 Å². The highest BCUT2D eigenvalue weighted by atomic mass is 15.2. The second-order valence-electron chi connectivity index (χ2n) is 5.81. The van der Waals surface area contributed by atoms with Gasteiger partial charge in [0, 0.05) is 19.1 Å². The Morgan fingerprint density at radius 3 is 2.89 bits per heavy atom. The van der Waals surface area contributed by atoms with Crippen LogP contribution in [0, 0.1) is 0 Å². The van der Waals surface area contributed by atoms with Crippen LogP contribution < -0.4 is 5.32 Å². The van der Waals surface area contributed by atoms with Gasteiger partial charge in [0.2, 0.25) is 0 Å². The van der Waals surface area contributed by atoms with Crippen molar-refractivity contribution in [2.45, 2.75) is 58.7 Å². The largest absolute Gasteiger partial charge is 0.313 e. The summed E-state index contributed by atoms with van der Waals surface area (Å²) in [4.78, 5) is 2.63. The van der Waals surface area contributed by atoms with Gasteiger partial charge < -0.3 is 5.32 Å². The first-order chi connectivity index (χ1) is 9.29. The van der Waals surface area contributed by atoms with Gasteiger partial charge in [-0.2, -0.15) is 0 Å². The minimum atomic E-state index is 0.746. The number of hydrogen-bond acceptors (Lipinski definition) is 2. The third-order valence-electron chi connectivity index (χ3n) is 4.07. The van der Waals surface area contributed by atoms with Crippen molar-refractivity contribution in [2.24, 2.45) is 0 Å². The maximum atomic E-state index is 3.48. The average Bonchev–Trinajstić information content (AvgIpc) is 2.42. The molecular formula is C17H28N2. The molecule has 0 amide bonds. The fourth-order valence-electron chi connectivity index (χ4n) is 2.87. The topological polar surface area (TPSA) is 15.3 Å². The first kappa shape index (κ1) is 14.5. The zero-order valence-electron chi connectivity index (χ0n) is 12.5. The van der Waals surface area contributed by atoms with Crippen molar-refractivity contribution < 1.29 is 0 Å². The van der Waals surface area contributed by atoms with Crippen molar-refractivity contribution in [1.29, 1.82) is 0 Å². The summed E-state index contributed by atoms with van der Waals surface area (Å²) in [5.41, 5.74) is 2.88. The van der Waals surface area contributed by atoms with Gasteiger partial charge in [0.05, 0.1) is 0 Å². The molecule has 0 radical (unpaired) electrons. The van der Waals surface area contributed by atoms with Gasteiger partial charge in [-0.3, -0.25) is 4.90 Å². The van der Waals surface area contributed by atoms with Crippen molar-refractivity contribution in [3.05, 3.63) is 35.4 Å². The molecule has 2 rings (SSSR count). The molecule has 1 heterocycles. The smallest absolute Gasteiger partial charge is 0.0236 e. The highest BCUT2D eigenvalue weighted by molar-refractivity contribution is 5.23. The molecule has 1 aromatic carbocycles. The number of nitrogens with one attached hydrogen (secondary N) is 1. The normalized spacial score (nSPS) is 20.6. The van der Waals surface area contributed by atoms with E-state index < -0.39 is 0 Å². The fraction of sp³-hybridized carbons (Fsp3) is 0.647. The van der Waals surface area contributed by atoms with E-state index in [1.807, 2.05) is 0 Å². The van der Waals surface area contributed by atoms with Crippen LogP contribution in [0.15, 0.2) is 24.3 Å². The van der Waals surface area contributed by atoms with E-state index in [0.29, 0.717) is 0 Å². The van der Waals surface area contributed by atoms with Crippen LogP contribution in [0.2, 0.25) is 0 Å². The molecule has 1 atom stereocenters. The Balaban J connectivity index is 1.90. The maximum absolute atomic E-state index is 3.48. The third kappa shape index (κ3) is 4.63. The second-order valence-corrected chi connectivity index (χ2v) is 5.81. The fourth-order valence-corrected chi connectivity index (χ4v) is 2.87. The quantitative estimate of drug-likeness (QED) is 0.787. The monoisotopic (exact) mass is 260 g/mol. The number of piperidine rings is 1. The van der Waals surface area contributed by atoms with Gasteiger partial charge in [-0.05, 0) is 50.4 Å². The van der Waals surface area contributed by atoms with E-state index in [-0.39, 0.29) is 0 Å². The van der Waals surface area contributed by atoms with E-state index in [4.69, 9.17) is 0 Å². The molecule has 0 aliphatic carbocycles. The Morgan fingerprint density at radius 2 is 2.11 bits per heavy atom. The molecule has 2 heteroatoms. The molecule has 1 fully saturated rings. The van der Waals surface area contributed by atoms with Gasteiger partial charge in [0.25, 0.3) is 0 Å². The second kappa shape index (κ2) is 7.66. The Labute approximate surface area is 118 Å². The van der Waals surface area contributed by atoms with E-state index in [1.54, 1.807) is 0 Å². The van der Waals surface area contributed by atoms with Crippen molar-refractivity contribution in [3.63, 3.8) is 0 Å². The molecule has 0 spiro atoms. The summed E-state index contributed by atoms with van der Waals surface area (Å²) in [7, 11) is 0. The van der Waals surface area contributed by atoms with Crippen molar-refractivity contribution in [3.8, 4) is 0 Å². The molecule has 1 aromatic rings. The Morgan fingerprint density at radius 1 is 1.26 bits per heavy atom. The third-order valence-corrected chi connectivity index (χ3v) is 4.07. The van der Waals surface area contributed by atoms with Crippen LogP contribution in [0.4, 0.5) is 0 Å². The molecule has 106 valence electrons. The average molecular weight is 260 g/mol. The zero-order valence-corrected chi connectivity index (χ0v) is 12.5. The van der Waals surface area contributed by atoms with Crippen molar-refractivity contribution in [1.82, 2.24) is 10.2 Å². The van der Waals surface area contributed by atoms with Gasteiger partial charge in [0.1, 0.15) is 0 Å². The van der Waals surface area contributed by atoms with Crippen LogP contribution in [0.3, 0.4) is 0 Å².